The Labute approximate surface area is 153 Å². The molecule has 0 atom stereocenters. The molecule has 0 unspecified atom stereocenters. The molecule has 0 aromatic heterocycles. The summed E-state index contributed by atoms with van der Waals surface area (Å²) < 4.78 is 5.42. The number of hydrogen-bond acceptors (Lipinski definition) is 5. The molecule has 0 radical (unpaired) electrons. The first-order chi connectivity index (χ1) is 11.9. The van der Waals surface area contributed by atoms with Crippen LogP contribution in [0.2, 0.25) is 0 Å². The first-order valence-corrected chi connectivity index (χ1v) is 9.50. The van der Waals surface area contributed by atoms with E-state index in [2.05, 4.69) is 10.2 Å². The van der Waals surface area contributed by atoms with Crippen LogP contribution < -0.4 is 5.32 Å². The van der Waals surface area contributed by atoms with E-state index >= 15 is 0 Å². The molecule has 1 heterocycles. The van der Waals surface area contributed by atoms with Crippen LogP contribution in [-0.2, 0) is 9.53 Å². The van der Waals surface area contributed by atoms with E-state index in [9.17, 15) is 9.59 Å². The summed E-state index contributed by atoms with van der Waals surface area (Å²) in [5, 5.41) is 2.73. The highest BCUT2D eigenvalue weighted by Gasteiger charge is 2.25. The van der Waals surface area contributed by atoms with Crippen molar-refractivity contribution in [1.82, 2.24) is 9.80 Å². The Morgan fingerprint density at radius 2 is 1.92 bits per heavy atom. The van der Waals surface area contributed by atoms with Gasteiger partial charge >= 0.3 is 6.09 Å². The summed E-state index contributed by atoms with van der Waals surface area (Å²) in [5.41, 5.74) is 0.394. The van der Waals surface area contributed by atoms with Crippen LogP contribution in [0.25, 0.3) is 0 Å². The number of para-hydroxylation sites is 1. The van der Waals surface area contributed by atoms with Crippen molar-refractivity contribution in [3.63, 3.8) is 0 Å². The van der Waals surface area contributed by atoms with Gasteiger partial charge in [0.05, 0.1) is 5.69 Å². The third kappa shape index (κ3) is 6.59. The number of piperazine rings is 1. The summed E-state index contributed by atoms with van der Waals surface area (Å²) in [4.78, 5) is 27.9. The molecule has 1 aromatic carbocycles. The van der Waals surface area contributed by atoms with Gasteiger partial charge in [-0.15, -0.1) is 11.8 Å². The predicted octanol–water partition coefficient (Wildman–Crippen LogP) is 2.90. The van der Waals surface area contributed by atoms with Crippen molar-refractivity contribution >= 4 is 30.0 Å². The smallest absolute Gasteiger partial charge is 0.410 e. The van der Waals surface area contributed by atoms with E-state index in [1.807, 2.05) is 45.0 Å². The molecule has 138 valence electrons. The molecule has 1 aliphatic rings. The molecule has 1 aromatic rings. The SMILES string of the molecule is CC(C)(C)OC(=O)N1CCN(CCSc2ccccc2NC=O)CC1. The van der Waals surface area contributed by atoms with Crippen LogP contribution in [-0.4, -0.2) is 66.4 Å². The van der Waals surface area contributed by atoms with Gasteiger partial charge in [0.25, 0.3) is 0 Å². The summed E-state index contributed by atoms with van der Waals surface area (Å²) >= 11 is 1.73. The number of carbonyl (C=O) groups is 2. The van der Waals surface area contributed by atoms with Crippen molar-refractivity contribution in [3.8, 4) is 0 Å². The zero-order valence-electron chi connectivity index (χ0n) is 15.2. The molecule has 0 spiro atoms. The van der Waals surface area contributed by atoms with Crippen LogP contribution in [0.1, 0.15) is 20.8 Å². The summed E-state index contributed by atoms with van der Waals surface area (Å²) in [6.45, 7) is 9.71. The van der Waals surface area contributed by atoms with Crippen LogP contribution in [0.4, 0.5) is 10.5 Å². The van der Waals surface area contributed by atoms with Gasteiger partial charge in [-0.1, -0.05) is 12.1 Å². The van der Waals surface area contributed by atoms with Crippen molar-refractivity contribution in [3.05, 3.63) is 24.3 Å². The van der Waals surface area contributed by atoms with E-state index < -0.39 is 5.60 Å². The van der Waals surface area contributed by atoms with Gasteiger partial charge in [0, 0.05) is 43.4 Å². The molecule has 1 fully saturated rings. The van der Waals surface area contributed by atoms with Gasteiger partial charge in [-0.3, -0.25) is 9.69 Å². The zero-order chi connectivity index (χ0) is 18.3. The minimum absolute atomic E-state index is 0.226. The number of nitrogens with one attached hydrogen (secondary N) is 1. The number of rotatable bonds is 6. The monoisotopic (exact) mass is 365 g/mol. The first kappa shape index (κ1) is 19.6. The van der Waals surface area contributed by atoms with Crippen LogP contribution in [0.3, 0.4) is 0 Å². The number of amides is 2. The fourth-order valence-electron chi connectivity index (χ4n) is 2.54. The van der Waals surface area contributed by atoms with E-state index in [1.54, 1.807) is 16.7 Å². The predicted molar refractivity (Wildman–Crippen MR) is 101 cm³/mol. The third-order valence-corrected chi connectivity index (χ3v) is 4.84. The number of thioether (sulfide) groups is 1. The third-order valence-electron chi connectivity index (χ3n) is 3.79. The summed E-state index contributed by atoms with van der Waals surface area (Å²) in [7, 11) is 0. The minimum atomic E-state index is -0.451. The summed E-state index contributed by atoms with van der Waals surface area (Å²) in [6.07, 6.45) is 0.477. The second kappa shape index (κ2) is 9.10. The lowest BCUT2D eigenvalue weighted by Crippen LogP contribution is -2.50. The second-order valence-corrected chi connectivity index (χ2v) is 8.05. The molecule has 1 saturated heterocycles. The number of nitrogens with zero attached hydrogens (tertiary/aromatic N) is 2. The number of benzene rings is 1. The quantitative estimate of drug-likeness (QED) is 0.620. The van der Waals surface area contributed by atoms with Gasteiger partial charge in [-0.05, 0) is 32.9 Å². The Balaban J connectivity index is 1.72. The molecule has 1 N–H and O–H groups in total. The fourth-order valence-corrected chi connectivity index (χ4v) is 3.57. The van der Waals surface area contributed by atoms with Crippen LogP contribution >= 0.6 is 11.8 Å². The molecule has 2 amide bonds. The lowest BCUT2D eigenvalue weighted by molar-refractivity contribution is -0.105. The van der Waals surface area contributed by atoms with E-state index in [0.29, 0.717) is 19.5 Å². The van der Waals surface area contributed by atoms with Gasteiger partial charge in [-0.2, -0.15) is 0 Å². The maximum Gasteiger partial charge on any atom is 0.410 e. The highest BCUT2D eigenvalue weighted by Crippen LogP contribution is 2.26. The Kier molecular flexibility index (Phi) is 7.13. The average Bonchev–Trinajstić information content (AvgIpc) is 2.56. The maximum absolute atomic E-state index is 12.1. The van der Waals surface area contributed by atoms with E-state index in [-0.39, 0.29) is 6.09 Å². The lowest BCUT2D eigenvalue weighted by Gasteiger charge is -2.35. The molecular formula is C18H27N3O3S. The molecule has 1 aliphatic heterocycles. The average molecular weight is 365 g/mol. The van der Waals surface area contributed by atoms with Crippen LogP contribution in [0.15, 0.2) is 29.2 Å². The second-order valence-electron chi connectivity index (χ2n) is 6.92. The molecule has 0 bridgehead atoms. The van der Waals surface area contributed by atoms with Crippen molar-refractivity contribution < 1.29 is 14.3 Å². The Morgan fingerprint density at radius 3 is 2.56 bits per heavy atom. The molecule has 0 aliphatic carbocycles. The minimum Gasteiger partial charge on any atom is -0.444 e. The van der Waals surface area contributed by atoms with E-state index in [1.165, 1.54) is 0 Å². The standard InChI is InChI=1S/C18H27N3O3S/c1-18(2,3)24-17(23)21-10-8-20(9-11-21)12-13-25-16-7-5-4-6-15(16)19-14-22/h4-7,14H,8-13H2,1-3H3,(H,19,22). The molecule has 2 rings (SSSR count). The lowest BCUT2D eigenvalue weighted by atomic mass is 10.2. The largest absolute Gasteiger partial charge is 0.444 e. The molecule has 25 heavy (non-hydrogen) atoms. The topological polar surface area (TPSA) is 61.9 Å². The Hall–Kier alpha value is -1.73. The molecule has 6 nitrogen and oxygen atoms in total. The first-order valence-electron chi connectivity index (χ1n) is 8.51. The van der Waals surface area contributed by atoms with Crippen LogP contribution in [0, 0.1) is 0 Å². The highest BCUT2D eigenvalue weighted by atomic mass is 32.2. The van der Waals surface area contributed by atoms with Crippen LogP contribution in [0.5, 0.6) is 0 Å². The Bertz CT molecular complexity index is 581. The van der Waals surface area contributed by atoms with Gasteiger partial charge in [0.15, 0.2) is 0 Å². The fraction of sp³-hybridized carbons (Fsp3) is 0.556. The molecular weight excluding hydrogens is 338 g/mol. The maximum atomic E-state index is 12.1. The number of carbonyl (C=O) groups excluding carboxylic acids is 2. The number of hydrogen-bond donors (Lipinski definition) is 1. The van der Waals surface area contributed by atoms with Gasteiger partial charge in [0.2, 0.25) is 6.41 Å². The highest BCUT2D eigenvalue weighted by molar-refractivity contribution is 7.99. The van der Waals surface area contributed by atoms with E-state index in [4.69, 9.17) is 4.74 Å². The van der Waals surface area contributed by atoms with Crippen molar-refractivity contribution in [2.24, 2.45) is 0 Å². The number of ether oxygens (including phenoxy) is 1. The summed E-state index contributed by atoms with van der Waals surface area (Å²) in [6, 6.07) is 7.79. The van der Waals surface area contributed by atoms with E-state index in [0.717, 1.165) is 36.0 Å². The normalized spacial score (nSPS) is 15.7. The van der Waals surface area contributed by atoms with Crippen molar-refractivity contribution in [2.75, 3.05) is 43.8 Å². The van der Waals surface area contributed by atoms with Gasteiger partial charge in [-0.25, -0.2) is 4.79 Å². The van der Waals surface area contributed by atoms with Gasteiger partial charge in [0.1, 0.15) is 5.60 Å². The molecule has 0 saturated carbocycles. The zero-order valence-corrected chi connectivity index (χ0v) is 16.0. The Morgan fingerprint density at radius 1 is 1.24 bits per heavy atom. The summed E-state index contributed by atoms with van der Waals surface area (Å²) in [5.74, 6) is 0.935. The van der Waals surface area contributed by atoms with Crippen molar-refractivity contribution in [2.45, 2.75) is 31.3 Å². The molecule has 7 heteroatoms. The van der Waals surface area contributed by atoms with Gasteiger partial charge < -0.3 is 15.0 Å². The number of anilines is 1. The van der Waals surface area contributed by atoms with Crippen molar-refractivity contribution in [1.29, 1.82) is 0 Å².